The number of nitriles is 1. The monoisotopic (exact) mass is 226 g/mol. The molecular formula is C11H18N2O3. The quantitative estimate of drug-likeness (QED) is 0.732. The third-order valence-electron chi connectivity index (χ3n) is 2.32. The van der Waals surface area contributed by atoms with Crippen LogP contribution in [0.1, 0.15) is 27.2 Å². The van der Waals surface area contributed by atoms with Crippen LogP contribution in [0.15, 0.2) is 0 Å². The normalized spacial score (nSPS) is 21.9. The van der Waals surface area contributed by atoms with E-state index in [1.807, 2.05) is 19.9 Å². The number of hydrogen-bond donors (Lipinski definition) is 0. The van der Waals surface area contributed by atoms with Gasteiger partial charge in [0.15, 0.2) is 0 Å². The minimum Gasteiger partial charge on any atom is -0.447 e. The van der Waals surface area contributed by atoms with Crippen LogP contribution in [-0.4, -0.2) is 42.4 Å². The van der Waals surface area contributed by atoms with Gasteiger partial charge in [-0.25, -0.2) is 4.79 Å². The lowest BCUT2D eigenvalue weighted by Crippen LogP contribution is -2.32. The predicted molar refractivity (Wildman–Crippen MR) is 57.8 cm³/mol. The average Bonchev–Trinajstić information content (AvgIpc) is 2.65. The highest BCUT2D eigenvalue weighted by molar-refractivity contribution is 5.68. The summed E-state index contributed by atoms with van der Waals surface area (Å²) in [5, 5.41) is 8.61. The highest BCUT2D eigenvalue weighted by atomic mass is 16.6. The summed E-state index contributed by atoms with van der Waals surface area (Å²) in [7, 11) is 0. The van der Waals surface area contributed by atoms with Crippen LogP contribution in [0, 0.1) is 11.3 Å². The van der Waals surface area contributed by atoms with Crippen molar-refractivity contribution >= 4 is 6.09 Å². The van der Waals surface area contributed by atoms with Gasteiger partial charge in [-0.1, -0.05) is 0 Å². The van der Waals surface area contributed by atoms with Crippen LogP contribution < -0.4 is 0 Å². The fraction of sp³-hybridized carbons (Fsp3) is 0.818. The predicted octanol–water partition coefficient (Wildman–Crippen LogP) is 1.53. The van der Waals surface area contributed by atoms with E-state index in [1.165, 1.54) is 0 Å². The Labute approximate surface area is 95.9 Å². The minimum absolute atomic E-state index is 0.0469. The maximum absolute atomic E-state index is 11.5. The van der Waals surface area contributed by atoms with Crippen LogP contribution in [0.3, 0.4) is 0 Å². The van der Waals surface area contributed by atoms with Gasteiger partial charge in [0.1, 0.15) is 6.10 Å². The van der Waals surface area contributed by atoms with Gasteiger partial charge >= 0.3 is 6.09 Å². The zero-order chi connectivity index (χ0) is 12.1. The zero-order valence-corrected chi connectivity index (χ0v) is 9.97. The van der Waals surface area contributed by atoms with Crippen molar-refractivity contribution in [2.75, 3.05) is 13.1 Å². The molecule has 1 saturated heterocycles. The molecule has 0 aliphatic carbocycles. The van der Waals surface area contributed by atoms with Gasteiger partial charge in [-0.15, -0.1) is 0 Å². The Morgan fingerprint density at radius 2 is 2.19 bits per heavy atom. The maximum atomic E-state index is 11.5. The number of rotatable bonds is 3. The summed E-state index contributed by atoms with van der Waals surface area (Å²) in [5.41, 5.74) is 0. The van der Waals surface area contributed by atoms with Crippen molar-refractivity contribution in [2.45, 2.75) is 45.5 Å². The Bertz CT molecular complexity index is 285. The second-order valence-corrected chi connectivity index (χ2v) is 4.20. The zero-order valence-electron chi connectivity index (χ0n) is 9.97. The van der Waals surface area contributed by atoms with Gasteiger partial charge in [0.25, 0.3) is 0 Å². The Morgan fingerprint density at radius 1 is 1.50 bits per heavy atom. The summed E-state index contributed by atoms with van der Waals surface area (Å²) in [5.74, 6) is 0. The third kappa shape index (κ3) is 3.70. The van der Waals surface area contributed by atoms with Gasteiger partial charge in [0, 0.05) is 6.54 Å². The fourth-order valence-electron chi connectivity index (χ4n) is 1.60. The molecule has 0 N–H and O–H groups in total. The molecule has 5 nitrogen and oxygen atoms in total. The number of amides is 1. The second-order valence-electron chi connectivity index (χ2n) is 4.20. The van der Waals surface area contributed by atoms with Crippen LogP contribution in [0.4, 0.5) is 4.79 Å². The molecule has 1 heterocycles. The van der Waals surface area contributed by atoms with Crippen LogP contribution >= 0.6 is 0 Å². The Kier molecular flexibility index (Phi) is 4.56. The number of ether oxygens (including phenoxy) is 2. The van der Waals surface area contributed by atoms with E-state index in [0.717, 1.165) is 6.42 Å². The van der Waals surface area contributed by atoms with Crippen molar-refractivity contribution in [3.63, 3.8) is 0 Å². The van der Waals surface area contributed by atoms with E-state index in [4.69, 9.17) is 14.7 Å². The molecular weight excluding hydrogens is 208 g/mol. The van der Waals surface area contributed by atoms with Gasteiger partial charge in [0.05, 0.1) is 24.8 Å². The molecule has 1 aliphatic heterocycles. The summed E-state index contributed by atoms with van der Waals surface area (Å²) >= 11 is 0. The third-order valence-corrected chi connectivity index (χ3v) is 2.32. The average molecular weight is 226 g/mol. The number of likely N-dealkylation sites (tertiary alicyclic amines) is 1. The Hall–Kier alpha value is -1.28. The molecule has 0 aromatic carbocycles. The van der Waals surface area contributed by atoms with E-state index in [0.29, 0.717) is 13.1 Å². The highest BCUT2D eigenvalue weighted by Crippen LogP contribution is 2.15. The molecule has 16 heavy (non-hydrogen) atoms. The molecule has 90 valence electrons. The van der Waals surface area contributed by atoms with Crippen molar-refractivity contribution in [1.29, 1.82) is 5.26 Å². The standard InChI is InChI=1S/C11H18N2O3/c1-8(2)15-11(14)13-5-4-10(7-13)16-9(3)6-12/h8-10H,4-5,7H2,1-3H3. The van der Waals surface area contributed by atoms with Gasteiger partial charge < -0.3 is 14.4 Å². The smallest absolute Gasteiger partial charge is 0.410 e. The molecule has 0 bridgehead atoms. The largest absolute Gasteiger partial charge is 0.447 e. The second kappa shape index (κ2) is 5.71. The van der Waals surface area contributed by atoms with Crippen LogP contribution in [0.2, 0.25) is 0 Å². The van der Waals surface area contributed by atoms with Crippen LogP contribution in [0.25, 0.3) is 0 Å². The lowest BCUT2D eigenvalue weighted by atomic mass is 10.3. The van der Waals surface area contributed by atoms with Crippen LogP contribution in [0.5, 0.6) is 0 Å². The number of carbonyl (C=O) groups excluding carboxylic acids is 1. The van der Waals surface area contributed by atoms with E-state index >= 15 is 0 Å². The van der Waals surface area contributed by atoms with Gasteiger partial charge in [0.2, 0.25) is 0 Å². The molecule has 0 saturated carbocycles. The van der Waals surface area contributed by atoms with E-state index in [-0.39, 0.29) is 18.3 Å². The van der Waals surface area contributed by atoms with E-state index < -0.39 is 6.10 Å². The molecule has 0 aromatic rings. The number of nitrogens with zero attached hydrogens (tertiary/aromatic N) is 2. The van der Waals surface area contributed by atoms with Crippen molar-refractivity contribution in [3.05, 3.63) is 0 Å². The maximum Gasteiger partial charge on any atom is 0.410 e. The molecule has 1 amide bonds. The summed E-state index contributed by atoms with van der Waals surface area (Å²) in [6, 6.07) is 2.01. The molecule has 0 radical (unpaired) electrons. The molecule has 1 fully saturated rings. The van der Waals surface area contributed by atoms with Gasteiger partial charge in [-0.3, -0.25) is 0 Å². The van der Waals surface area contributed by atoms with Crippen LogP contribution in [-0.2, 0) is 9.47 Å². The first-order chi connectivity index (χ1) is 7.52. The molecule has 1 rings (SSSR count). The lowest BCUT2D eigenvalue weighted by molar-refractivity contribution is 0.0287. The van der Waals surface area contributed by atoms with Gasteiger partial charge in [-0.2, -0.15) is 5.26 Å². The first kappa shape index (κ1) is 12.8. The summed E-state index contributed by atoms with van der Waals surface area (Å²) in [6.45, 7) is 6.49. The van der Waals surface area contributed by atoms with Crippen molar-refractivity contribution < 1.29 is 14.3 Å². The Morgan fingerprint density at radius 3 is 2.75 bits per heavy atom. The van der Waals surface area contributed by atoms with Crippen molar-refractivity contribution in [2.24, 2.45) is 0 Å². The minimum atomic E-state index is -0.425. The molecule has 5 heteroatoms. The summed E-state index contributed by atoms with van der Waals surface area (Å²) < 4.78 is 10.5. The van der Waals surface area contributed by atoms with Gasteiger partial charge in [-0.05, 0) is 27.2 Å². The molecule has 2 unspecified atom stereocenters. The topological polar surface area (TPSA) is 62.6 Å². The molecule has 0 spiro atoms. The van der Waals surface area contributed by atoms with Crippen molar-refractivity contribution in [1.82, 2.24) is 4.90 Å². The van der Waals surface area contributed by atoms with E-state index in [2.05, 4.69) is 0 Å². The van der Waals surface area contributed by atoms with E-state index in [1.54, 1.807) is 11.8 Å². The summed E-state index contributed by atoms with van der Waals surface area (Å²) in [4.78, 5) is 13.2. The van der Waals surface area contributed by atoms with Crippen molar-refractivity contribution in [3.8, 4) is 6.07 Å². The number of hydrogen-bond acceptors (Lipinski definition) is 4. The lowest BCUT2D eigenvalue weighted by Gasteiger charge is -2.18. The summed E-state index contributed by atoms with van der Waals surface area (Å²) in [6.07, 6.45) is -0.115. The van der Waals surface area contributed by atoms with E-state index in [9.17, 15) is 4.79 Å². The first-order valence-electron chi connectivity index (χ1n) is 5.53. The molecule has 0 aromatic heterocycles. The first-order valence-corrected chi connectivity index (χ1v) is 5.53. The fourth-order valence-corrected chi connectivity index (χ4v) is 1.60. The molecule has 2 atom stereocenters. The SMILES string of the molecule is CC(C)OC(=O)N1CCC(OC(C)C#N)C1. The number of carbonyl (C=O) groups is 1. The molecule has 1 aliphatic rings. The highest BCUT2D eigenvalue weighted by Gasteiger charge is 2.29. The Balaban J connectivity index is 2.35.